The number of hydrogen-bond acceptors (Lipinski definition) is 1. The van der Waals surface area contributed by atoms with Crippen LogP contribution in [0.2, 0.25) is 0 Å². The van der Waals surface area contributed by atoms with Gasteiger partial charge in [-0.1, -0.05) is 41.9 Å². The number of rotatable bonds is 4. The van der Waals surface area contributed by atoms with Crippen molar-refractivity contribution in [3.63, 3.8) is 0 Å². The Morgan fingerprint density at radius 3 is 2.38 bits per heavy atom. The highest BCUT2D eigenvalue weighted by Gasteiger charge is 2.15. The standard InChI is InChI=1S/C14H21BrO/c1-9-6-7-13(10(2)8-11(3)15)14(16-5)12(9)4/h6-7,10-11H,8H2,1-5H3. The maximum Gasteiger partial charge on any atom is 0.125 e. The van der Waals surface area contributed by atoms with E-state index in [9.17, 15) is 0 Å². The summed E-state index contributed by atoms with van der Waals surface area (Å²) in [5.74, 6) is 1.57. The van der Waals surface area contributed by atoms with E-state index in [1.165, 1.54) is 16.7 Å². The van der Waals surface area contributed by atoms with Gasteiger partial charge in [0.15, 0.2) is 0 Å². The van der Waals surface area contributed by atoms with Crippen LogP contribution in [-0.4, -0.2) is 11.9 Å². The molecule has 0 aliphatic rings. The third kappa shape index (κ3) is 3.00. The number of ether oxygens (including phenoxy) is 1. The van der Waals surface area contributed by atoms with Crippen LogP contribution in [0, 0.1) is 13.8 Å². The van der Waals surface area contributed by atoms with E-state index in [0.29, 0.717) is 10.7 Å². The van der Waals surface area contributed by atoms with Crippen LogP contribution in [0.5, 0.6) is 5.75 Å². The zero-order chi connectivity index (χ0) is 12.3. The van der Waals surface area contributed by atoms with Gasteiger partial charge in [-0.3, -0.25) is 0 Å². The van der Waals surface area contributed by atoms with E-state index in [-0.39, 0.29) is 0 Å². The lowest BCUT2D eigenvalue weighted by Gasteiger charge is -2.19. The van der Waals surface area contributed by atoms with Crippen LogP contribution in [0.15, 0.2) is 12.1 Å². The van der Waals surface area contributed by atoms with Crippen molar-refractivity contribution in [2.75, 3.05) is 7.11 Å². The van der Waals surface area contributed by atoms with Crippen molar-refractivity contribution in [2.24, 2.45) is 0 Å². The molecule has 0 amide bonds. The van der Waals surface area contributed by atoms with Crippen LogP contribution < -0.4 is 4.74 Å². The summed E-state index contributed by atoms with van der Waals surface area (Å²) in [7, 11) is 1.76. The molecule has 1 aromatic carbocycles. The number of alkyl halides is 1. The predicted molar refractivity (Wildman–Crippen MR) is 73.9 cm³/mol. The maximum absolute atomic E-state index is 5.54. The Labute approximate surface area is 107 Å². The van der Waals surface area contributed by atoms with Crippen molar-refractivity contribution in [3.8, 4) is 5.75 Å². The van der Waals surface area contributed by atoms with Gasteiger partial charge in [-0.05, 0) is 42.9 Å². The first-order chi connectivity index (χ1) is 7.47. The van der Waals surface area contributed by atoms with Gasteiger partial charge in [0.1, 0.15) is 5.75 Å². The van der Waals surface area contributed by atoms with Crippen molar-refractivity contribution in [1.29, 1.82) is 0 Å². The van der Waals surface area contributed by atoms with Gasteiger partial charge in [-0.25, -0.2) is 0 Å². The molecule has 0 N–H and O–H groups in total. The van der Waals surface area contributed by atoms with Gasteiger partial charge in [0.25, 0.3) is 0 Å². The van der Waals surface area contributed by atoms with Gasteiger partial charge in [-0.15, -0.1) is 0 Å². The molecule has 0 fully saturated rings. The summed E-state index contributed by atoms with van der Waals surface area (Å²) in [6.45, 7) is 8.69. The maximum atomic E-state index is 5.54. The minimum absolute atomic E-state index is 0.517. The normalized spacial score (nSPS) is 14.6. The summed E-state index contributed by atoms with van der Waals surface area (Å²) < 4.78 is 5.54. The number of methoxy groups -OCH3 is 1. The van der Waals surface area contributed by atoms with Crippen LogP contribution in [0.4, 0.5) is 0 Å². The summed E-state index contributed by atoms with van der Waals surface area (Å²) >= 11 is 3.61. The molecule has 0 saturated heterocycles. The van der Waals surface area contributed by atoms with Gasteiger partial charge in [0.2, 0.25) is 0 Å². The summed E-state index contributed by atoms with van der Waals surface area (Å²) in [5, 5.41) is 0. The van der Waals surface area contributed by atoms with Crippen molar-refractivity contribution in [2.45, 2.75) is 44.9 Å². The number of benzene rings is 1. The molecule has 0 saturated carbocycles. The van der Waals surface area contributed by atoms with Gasteiger partial charge < -0.3 is 4.74 Å². The number of hydrogen-bond donors (Lipinski definition) is 0. The smallest absolute Gasteiger partial charge is 0.125 e. The molecule has 90 valence electrons. The minimum Gasteiger partial charge on any atom is -0.496 e. The number of halogens is 1. The Kier molecular flexibility index (Phi) is 4.85. The molecule has 1 nitrogen and oxygen atoms in total. The van der Waals surface area contributed by atoms with Gasteiger partial charge in [0.05, 0.1) is 7.11 Å². The Bertz CT molecular complexity index is 358. The van der Waals surface area contributed by atoms with E-state index in [2.05, 4.69) is 55.8 Å². The second-order valence-electron chi connectivity index (χ2n) is 4.55. The van der Waals surface area contributed by atoms with Crippen LogP contribution in [0.25, 0.3) is 0 Å². The first-order valence-corrected chi connectivity index (χ1v) is 6.67. The molecular formula is C14H21BrO. The Morgan fingerprint density at radius 2 is 1.88 bits per heavy atom. The molecule has 0 aliphatic heterocycles. The Balaban J connectivity index is 3.08. The molecule has 0 aromatic heterocycles. The van der Waals surface area contributed by atoms with Crippen LogP contribution in [-0.2, 0) is 0 Å². The summed E-state index contributed by atoms with van der Waals surface area (Å²) in [6, 6.07) is 4.38. The molecule has 1 rings (SSSR count). The van der Waals surface area contributed by atoms with Crippen molar-refractivity contribution >= 4 is 15.9 Å². The molecule has 0 heterocycles. The first kappa shape index (κ1) is 13.6. The van der Waals surface area contributed by atoms with E-state index in [0.717, 1.165) is 12.2 Å². The zero-order valence-corrected chi connectivity index (χ0v) is 12.4. The highest BCUT2D eigenvalue weighted by atomic mass is 79.9. The largest absolute Gasteiger partial charge is 0.496 e. The minimum atomic E-state index is 0.517. The second-order valence-corrected chi connectivity index (χ2v) is 6.11. The fraction of sp³-hybridized carbons (Fsp3) is 0.571. The lowest BCUT2D eigenvalue weighted by Crippen LogP contribution is -2.04. The third-order valence-corrected chi connectivity index (χ3v) is 3.49. The van der Waals surface area contributed by atoms with Crippen molar-refractivity contribution < 1.29 is 4.74 Å². The molecule has 2 unspecified atom stereocenters. The van der Waals surface area contributed by atoms with E-state index in [1.54, 1.807) is 7.11 Å². The number of aryl methyl sites for hydroxylation is 1. The fourth-order valence-electron chi connectivity index (χ4n) is 2.08. The quantitative estimate of drug-likeness (QED) is 0.735. The van der Waals surface area contributed by atoms with E-state index >= 15 is 0 Å². The molecule has 2 heteroatoms. The predicted octanol–water partition coefficient (Wildman–Crippen LogP) is 4.59. The molecule has 0 radical (unpaired) electrons. The lowest BCUT2D eigenvalue weighted by molar-refractivity contribution is 0.402. The summed E-state index contributed by atoms with van der Waals surface area (Å²) in [6.07, 6.45) is 1.12. The summed E-state index contributed by atoms with van der Waals surface area (Å²) in [5.41, 5.74) is 3.87. The van der Waals surface area contributed by atoms with E-state index < -0.39 is 0 Å². The Morgan fingerprint density at radius 1 is 1.25 bits per heavy atom. The average molecular weight is 285 g/mol. The zero-order valence-electron chi connectivity index (χ0n) is 10.8. The van der Waals surface area contributed by atoms with Crippen LogP contribution in [0.3, 0.4) is 0 Å². The molecule has 16 heavy (non-hydrogen) atoms. The van der Waals surface area contributed by atoms with Crippen molar-refractivity contribution in [1.82, 2.24) is 0 Å². The van der Waals surface area contributed by atoms with Crippen LogP contribution in [0.1, 0.15) is 42.9 Å². The molecule has 0 bridgehead atoms. The first-order valence-electron chi connectivity index (χ1n) is 5.75. The van der Waals surface area contributed by atoms with Gasteiger partial charge in [-0.2, -0.15) is 0 Å². The fourth-order valence-corrected chi connectivity index (χ4v) is 2.64. The van der Waals surface area contributed by atoms with E-state index in [4.69, 9.17) is 4.74 Å². The van der Waals surface area contributed by atoms with Gasteiger partial charge in [0, 0.05) is 4.83 Å². The van der Waals surface area contributed by atoms with E-state index in [1.807, 2.05) is 0 Å². The Hall–Kier alpha value is -0.500. The molecular weight excluding hydrogens is 264 g/mol. The highest BCUT2D eigenvalue weighted by molar-refractivity contribution is 9.09. The highest BCUT2D eigenvalue weighted by Crippen LogP contribution is 2.34. The molecule has 0 spiro atoms. The molecule has 2 atom stereocenters. The SMILES string of the molecule is COc1c(C(C)CC(C)Br)ccc(C)c1C. The lowest BCUT2D eigenvalue weighted by atomic mass is 9.92. The average Bonchev–Trinajstić information content (AvgIpc) is 2.20. The van der Waals surface area contributed by atoms with Crippen LogP contribution >= 0.6 is 15.9 Å². The second kappa shape index (κ2) is 5.72. The molecule has 0 aliphatic carbocycles. The topological polar surface area (TPSA) is 9.23 Å². The van der Waals surface area contributed by atoms with Gasteiger partial charge >= 0.3 is 0 Å². The summed E-state index contributed by atoms with van der Waals surface area (Å²) in [4.78, 5) is 0.536. The third-order valence-electron chi connectivity index (χ3n) is 3.12. The monoisotopic (exact) mass is 284 g/mol. The van der Waals surface area contributed by atoms with Crippen molar-refractivity contribution in [3.05, 3.63) is 28.8 Å². The molecule has 1 aromatic rings.